The molecule has 9 aromatic rings. The molecule has 43 heavy (non-hydrogen) atoms. The van der Waals surface area contributed by atoms with Crippen molar-refractivity contribution in [2.24, 2.45) is 0 Å². The Morgan fingerprint density at radius 3 is 2.00 bits per heavy atom. The van der Waals surface area contributed by atoms with E-state index in [1.807, 2.05) is 29.5 Å². The SMILES string of the molecule is c1ccc(-c2nc(-c3ccc4c(c3)sc3ccccc34)cc(-c3cccc4c3ccc3cc5ccccc5cc34)n2)cc1. The summed E-state index contributed by atoms with van der Waals surface area (Å²) in [5.41, 5.74) is 5.05. The molecule has 0 amide bonds. The molecule has 2 heterocycles. The van der Waals surface area contributed by atoms with E-state index >= 15 is 0 Å². The lowest BCUT2D eigenvalue weighted by Crippen LogP contribution is -1.96. The van der Waals surface area contributed by atoms with Crippen LogP contribution in [0.2, 0.25) is 0 Å². The van der Waals surface area contributed by atoms with Crippen molar-refractivity contribution < 1.29 is 0 Å². The van der Waals surface area contributed by atoms with Gasteiger partial charge in [-0.3, -0.25) is 0 Å². The second-order valence-electron chi connectivity index (χ2n) is 11.0. The van der Waals surface area contributed by atoms with Crippen LogP contribution < -0.4 is 0 Å². The van der Waals surface area contributed by atoms with Gasteiger partial charge in [-0.15, -0.1) is 11.3 Å². The largest absolute Gasteiger partial charge is 0.228 e. The van der Waals surface area contributed by atoms with Crippen LogP contribution in [0.15, 0.2) is 146 Å². The van der Waals surface area contributed by atoms with Crippen LogP contribution in [0, 0.1) is 0 Å². The van der Waals surface area contributed by atoms with Crippen LogP contribution in [-0.4, -0.2) is 9.97 Å². The first-order valence-electron chi connectivity index (χ1n) is 14.5. The van der Waals surface area contributed by atoms with Gasteiger partial charge in [0.25, 0.3) is 0 Å². The van der Waals surface area contributed by atoms with Crippen LogP contribution in [0.4, 0.5) is 0 Å². The monoisotopic (exact) mass is 564 g/mol. The van der Waals surface area contributed by atoms with Crippen molar-refractivity contribution in [3.63, 3.8) is 0 Å². The molecular formula is C40H24N2S. The zero-order valence-electron chi connectivity index (χ0n) is 23.2. The number of rotatable bonds is 3. The summed E-state index contributed by atoms with van der Waals surface area (Å²) < 4.78 is 2.57. The van der Waals surface area contributed by atoms with E-state index in [-0.39, 0.29) is 0 Å². The van der Waals surface area contributed by atoms with Crippen LogP contribution in [0.1, 0.15) is 0 Å². The summed E-state index contributed by atoms with van der Waals surface area (Å²) in [4.78, 5) is 10.3. The number of nitrogens with zero attached hydrogens (tertiary/aromatic N) is 2. The average molecular weight is 565 g/mol. The van der Waals surface area contributed by atoms with Gasteiger partial charge < -0.3 is 0 Å². The van der Waals surface area contributed by atoms with Crippen molar-refractivity contribution in [3.05, 3.63) is 146 Å². The van der Waals surface area contributed by atoms with Gasteiger partial charge >= 0.3 is 0 Å². The molecule has 3 heteroatoms. The minimum absolute atomic E-state index is 0.730. The van der Waals surface area contributed by atoms with E-state index in [9.17, 15) is 0 Å². The molecule has 0 aliphatic heterocycles. The first kappa shape index (κ1) is 24.2. The van der Waals surface area contributed by atoms with E-state index < -0.39 is 0 Å². The second kappa shape index (κ2) is 9.59. The number of hydrogen-bond acceptors (Lipinski definition) is 3. The van der Waals surface area contributed by atoms with Gasteiger partial charge in [-0.25, -0.2) is 9.97 Å². The second-order valence-corrected chi connectivity index (χ2v) is 12.1. The van der Waals surface area contributed by atoms with E-state index in [0.717, 1.165) is 33.9 Å². The average Bonchev–Trinajstić information content (AvgIpc) is 3.45. The summed E-state index contributed by atoms with van der Waals surface area (Å²) in [7, 11) is 0. The first-order chi connectivity index (χ1) is 21.3. The molecule has 200 valence electrons. The highest BCUT2D eigenvalue weighted by molar-refractivity contribution is 7.25. The molecule has 0 saturated carbocycles. The maximum atomic E-state index is 5.17. The summed E-state index contributed by atoms with van der Waals surface area (Å²) in [6.07, 6.45) is 0. The van der Waals surface area contributed by atoms with E-state index in [2.05, 4.69) is 127 Å². The number of benzene rings is 7. The Labute approximate surface area is 252 Å². The van der Waals surface area contributed by atoms with Gasteiger partial charge in [0.1, 0.15) is 0 Å². The van der Waals surface area contributed by atoms with Gasteiger partial charge in [-0.2, -0.15) is 0 Å². The molecule has 0 radical (unpaired) electrons. The van der Waals surface area contributed by atoms with Gasteiger partial charge in [-0.1, -0.05) is 115 Å². The van der Waals surface area contributed by atoms with Gasteiger partial charge in [-0.05, 0) is 62.6 Å². The zero-order chi connectivity index (χ0) is 28.3. The van der Waals surface area contributed by atoms with Crippen molar-refractivity contribution in [3.8, 4) is 33.9 Å². The summed E-state index contributed by atoms with van der Waals surface area (Å²) in [6.45, 7) is 0. The Bertz CT molecular complexity index is 2510. The third kappa shape index (κ3) is 4.01. The van der Waals surface area contributed by atoms with Crippen molar-refractivity contribution in [1.29, 1.82) is 0 Å². The summed E-state index contributed by atoms with van der Waals surface area (Å²) in [5, 5.41) is 10.0. The predicted molar refractivity (Wildman–Crippen MR) is 184 cm³/mol. The van der Waals surface area contributed by atoms with Crippen molar-refractivity contribution in [1.82, 2.24) is 9.97 Å². The van der Waals surface area contributed by atoms with E-state index in [0.29, 0.717) is 0 Å². The van der Waals surface area contributed by atoms with Gasteiger partial charge in [0, 0.05) is 36.9 Å². The highest BCUT2D eigenvalue weighted by Gasteiger charge is 2.15. The third-order valence-electron chi connectivity index (χ3n) is 8.45. The Morgan fingerprint density at radius 1 is 0.372 bits per heavy atom. The van der Waals surface area contributed by atoms with E-state index in [4.69, 9.17) is 9.97 Å². The topological polar surface area (TPSA) is 25.8 Å². The highest BCUT2D eigenvalue weighted by Crippen LogP contribution is 2.39. The lowest BCUT2D eigenvalue weighted by Gasteiger charge is -2.13. The highest BCUT2D eigenvalue weighted by atomic mass is 32.1. The Kier molecular flexibility index (Phi) is 5.40. The fraction of sp³-hybridized carbons (Fsp3) is 0. The molecule has 0 aliphatic rings. The normalized spacial score (nSPS) is 11.7. The van der Waals surface area contributed by atoms with Crippen LogP contribution in [0.5, 0.6) is 0 Å². The molecule has 2 nitrogen and oxygen atoms in total. The Morgan fingerprint density at radius 2 is 1.09 bits per heavy atom. The molecule has 7 aromatic carbocycles. The fourth-order valence-electron chi connectivity index (χ4n) is 6.34. The first-order valence-corrected chi connectivity index (χ1v) is 15.3. The van der Waals surface area contributed by atoms with Gasteiger partial charge in [0.2, 0.25) is 0 Å². The number of fused-ring (bicyclic) bond motifs is 7. The predicted octanol–water partition coefficient (Wildman–Crippen LogP) is 11.3. The van der Waals surface area contributed by atoms with Crippen molar-refractivity contribution >= 4 is 63.8 Å². The maximum Gasteiger partial charge on any atom is 0.160 e. The molecule has 9 rings (SSSR count). The molecule has 0 bridgehead atoms. The standard InChI is InChI=1S/C40H24N2S/c1-2-9-25(10-3-1)40-41-36(29-18-20-34-33-13-6-7-16-38(33)43-39(34)23-29)24-37(42-40)32-15-8-14-30-31(32)19-17-28-21-26-11-4-5-12-27(26)22-35(28)30/h1-24H. The Balaban J connectivity index is 1.28. The van der Waals surface area contributed by atoms with Crippen LogP contribution >= 0.6 is 11.3 Å². The van der Waals surface area contributed by atoms with Crippen molar-refractivity contribution in [2.45, 2.75) is 0 Å². The summed E-state index contributed by atoms with van der Waals surface area (Å²) >= 11 is 1.83. The third-order valence-corrected chi connectivity index (χ3v) is 9.59. The van der Waals surface area contributed by atoms with Gasteiger partial charge in [0.15, 0.2) is 5.82 Å². The number of hydrogen-bond donors (Lipinski definition) is 0. The van der Waals surface area contributed by atoms with Crippen LogP contribution in [-0.2, 0) is 0 Å². The minimum Gasteiger partial charge on any atom is -0.228 e. The molecule has 0 spiro atoms. The zero-order valence-corrected chi connectivity index (χ0v) is 24.0. The molecule has 2 aromatic heterocycles. The lowest BCUT2D eigenvalue weighted by atomic mass is 9.94. The lowest BCUT2D eigenvalue weighted by molar-refractivity contribution is 1.19. The van der Waals surface area contributed by atoms with Crippen molar-refractivity contribution in [2.75, 3.05) is 0 Å². The minimum atomic E-state index is 0.730. The van der Waals surface area contributed by atoms with E-state index in [1.54, 1.807) is 0 Å². The Hall–Kier alpha value is -5.38. The number of aromatic nitrogens is 2. The number of thiophene rings is 1. The summed E-state index contributed by atoms with van der Waals surface area (Å²) in [5.74, 6) is 0.730. The molecule has 0 N–H and O–H groups in total. The fourth-order valence-corrected chi connectivity index (χ4v) is 7.49. The van der Waals surface area contributed by atoms with Crippen LogP contribution in [0.25, 0.3) is 86.4 Å². The van der Waals surface area contributed by atoms with E-state index in [1.165, 1.54) is 52.5 Å². The molecule has 0 aliphatic carbocycles. The van der Waals surface area contributed by atoms with Crippen LogP contribution in [0.3, 0.4) is 0 Å². The summed E-state index contributed by atoms with van der Waals surface area (Å²) in [6, 6.07) is 52.0. The van der Waals surface area contributed by atoms with Gasteiger partial charge in [0.05, 0.1) is 11.4 Å². The quantitative estimate of drug-likeness (QED) is 0.158. The molecule has 0 atom stereocenters. The maximum absolute atomic E-state index is 5.17. The molecule has 0 fully saturated rings. The molecule has 0 saturated heterocycles. The molecular weight excluding hydrogens is 541 g/mol. The molecule has 0 unspecified atom stereocenters. The smallest absolute Gasteiger partial charge is 0.160 e.